The van der Waals surface area contributed by atoms with E-state index in [9.17, 15) is 14.4 Å². The SMILES string of the molecule is O=C(O)CN1C(=O)NC2(CCN(CCN3CCCC3)CC2)C1=O. The molecule has 3 heterocycles. The van der Waals surface area contributed by atoms with Gasteiger partial charge in [-0.05, 0) is 38.8 Å². The summed E-state index contributed by atoms with van der Waals surface area (Å²) in [6.45, 7) is 5.33. The first-order chi connectivity index (χ1) is 11.0. The van der Waals surface area contributed by atoms with Gasteiger partial charge < -0.3 is 20.2 Å². The predicted molar refractivity (Wildman–Crippen MR) is 82.0 cm³/mol. The van der Waals surface area contributed by atoms with E-state index in [-0.39, 0.29) is 5.91 Å². The zero-order valence-electron chi connectivity index (χ0n) is 13.3. The van der Waals surface area contributed by atoms with Crippen LogP contribution in [0, 0.1) is 0 Å². The van der Waals surface area contributed by atoms with Crippen molar-refractivity contribution in [2.24, 2.45) is 0 Å². The van der Waals surface area contributed by atoms with Gasteiger partial charge >= 0.3 is 12.0 Å². The molecule has 0 saturated carbocycles. The zero-order chi connectivity index (χ0) is 16.4. The highest BCUT2D eigenvalue weighted by Crippen LogP contribution is 2.29. The second-order valence-electron chi connectivity index (χ2n) is 6.69. The molecule has 3 rings (SSSR count). The first-order valence-electron chi connectivity index (χ1n) is 8.31. The van der Waals surface area contributed by atoms with E-state index in [1.165, 1.54) is 25.9 Å². The lowest BCUT2D eigenvalue weighted by molar-refractivity contribution is -0.143. The molecular weight excluding hydrogens is 300 g/mol. The summed E-state index contributed by atoms with van der Waals surface area (Å²) in [5.74, 6) is -1.56. The summed E-state index contributed by atoms with van der Waals surface area (Å²) >= 11 is 0. The van der Waals surface area contributed by atoms with Crippen LogP contribution < -0.4 is 5.32 Å². The van der Waals surface area contributed by atoms with E-state index >= 15 is 0 Å². The Kier molecular flexibility index (Phi) is 4.54. The molecule has 0 atom stereocenters. The van der Waals surface area contributed by atoms with Crippen LogP contribution in [0.5, 0.6) is 0 Å². The predicted octanol–water partition coefficient (Wildman–Crippen LogP) is -0.447. The average Bonchev–Trinajstić information content (AvgIpc) is 3.10. The molecule has 3 aliphatic heterocycles. The van der Waals surface area contributed by atoms with Crippen molar-refractivity contribution in [2.75, 3.05) is 45.8 Å². The third kappa shape index (κ3) is 3.32. The number of hydrogen-bond acceptors (Lipinski definition) is 5. The maximum absolute atomic E-state index is 12.5. The standard InChI is InChI=1S/C15H24N4O4/c20-12(21)11-19-13(22)15(16-14(19)23)3-7-18(8-4-15)10-9-17-5-1-2-6-17/h1-11H2,(H,16,23)(H,20,21). The molecule has 0 aromatic rings. The van der Waals surface area contributed by atoms with Gasteiger partial charge in [-0.2, -0.15) is 0 Å². The second kappa shape index (κ2) is 6.45. The zero-order valence-corrected chi connectivity index (χ0v) is 13.3. The summed E-state index contributed by atoms with van der Waals surface area (Å²) in [6.07, 6.45) is 3.66. The van der Waals surface area contributed by atoms with Crippen molar-refractivity contribution in [1.29, 1.82) is 0 Å². The molecule has 2 N–H and O–H groups in total. The molecule has 0 bridgehead atoms. The van der Waals surface area contributed by atoms with Crippen LogP contribution in [0.2, 0.25) is 0 Å². The maximum Gasteiger partial charge on any atom is 0.325 e. The number of rotatable bonds is 5. The number of nitrogens with zero attached hydrogens (tertiary/aromatic N) is 3. The monoisotopic (exact) mass is 324 g/mol. The van der Waals surface area contributed by atoms with E-state index in [4.69, 9.17) is 5.11 Å². The van der Waals surface area contributed by atoms with E-state index < -0.39 is 24.1 Å². The minimum absolute atomic E-state index is 0.385. The topological polar surface area (TPSA) is 93.2 Å². The summed E-state index contributed by atoms with van der Waals surface area (Å²) in [7, 11) is 0. The van der Waals surface area contributed by atoms with Crippen LogP contribution in [0.3, 0.4) is 0 Å². The largest absolute Gasteiger partial charge is 0.480 e. The summed E-state index contributed by atoms with van der Waals surface area (Å²) < 4.78 is 0. The summed E-state index contributed by atoms with van der Waals surface area (Å²) in [4.78, 5) is 40.7. The Hall–Kier alpha value is -1.67. The Balaban J connectivity index is 1.52. The van der Waals surface area contributed by atoms with Crippen LogP contribution in [0.15, 0.2) is 0 Å². The Labute approximate surface area is 135 Å². The summed E-state index contributed by atoms with van der Waals surface area (Å²) in [6, 6.07) is -0.581. The Morgan fingerprint density at radius 2 is 1.61 bits per heavy atom. The molecule has 1 spiro atoms. The molecule has 128 valence electrons. The van der Waals surface area contributed by atoms with Gasteiger partial charge in [-0.15, -0.1) is 0 Å². The van der Waals surface area contributed by atoms with Gasteiger partial charge in [-0.3, -0.25) is 14.5 Å². The van der Waals surface area contributed by atoms with Gasteiger partial charge in [-0.1, -0.05) is 0 Å². The molecule has 3 fully saturated rings. The normalized spacial score (nSPS) is 25.3. The first-order valence-corrected chi connectivity index (χ1v) is 8.31. The van der Waals surface area contributed by atoms with Crippen LogP contribution in [-0.2, 0) is 9.59 Å². The molecule has 8 heteroatoms. The molecule has 3 saturated heterocycles. The molecule has 0 aliphatic carbocycles. The van der Waals surface area contributed by atoms with Gasteiger partial charge in [0.15, 0.2) is 0 Å². The quantitative estimate of drug-likeness (QED) is 0.666. The Morgan fingerprint density at radius 3 is 2.17 bits per heavy atom. The molecule has 0 radical (unpaired) electrons. The van der Waals surface area contributed by atoms with Gasteiger partial charge in [0.25, 0.3) is 5.91 Å². The number of nitrogens with one attached hydrogen (secondary N) is 1. The van der Waals surface area contributed by atoms with Crippen LogP contribution in [0.1, 0.15) is 25.7 Å². The van der Waals surface area contributed by atoms with Crippen molar-refractivity contribution >= 4 is 17.9 Å². The number of carbonyl (C=O) groups is 3. The van der Waals surface area contributed by atoms with Crippen molar-refractivity contribution in [2.45, 2.75) is 31.2 Å². The van der Waals surface area contributed by atoms with E-state index in [0.717, 1.165) is 31.1 Å². The Bertz CT molecular complexity index is 496. The smallest absolute Gasteiger partial charge is 0.325 e. The highest BCUT2D eigenvalue weighted by atomic mass is 16.4. The fourth-order valence-corrected chi connectivity index (χ4v) is 3.74. The minimum Gasteiger partial charge on any atom is -0.480 e. The van der Waals surface area contributed by atoms with Gasteiger partial charge in [0.2, 0.25) is 0 Å². The van der Waals surface area contributed by atoms with Crippen molar-refractivity contribution in [1.82, 2.24) is 20.0 Å². The number of piperidine rings is 1. The number of amides is 3. The number of aliphatic carboxylic acids is 1. The van der Waals surface area contributed by atoms with Crippen LogP contribution in [0.25, 0.3) is 0 Å². The average molecular weight is 324 g/mol. The fourth-order valence-electron chi connectivity index (χ4n) is 3.74. The molecule has 3 amide bonds. The Morgan fingerprint density at radius 1 is 1.04 bits per heavy atom. The van der Waals surface area contributed by atoms with Gasteiger partial charge in [0.05, 0.1) is 0 Å². The number of urea groups is 1. The maximum atomic E-state index is 12.5. The summed E-state index contributed by atoms with van der Waals surface area (Å²) in [5, 5.41) is 11.6. The van der Waals surface area contributed by atoms with E-state index in [0.29, 0.717) is 12.8 Å². The van der Waals surface area contributed by atoms with Crippen molar-refractivity contribution in [3.8, 4) is 0 Å². The third-order valence-corrected chi connectivity index (χ3v) is 5.18. The van der Waals surface area contributed by atoms with Gasteiger partial charge in [-0.25, -0.2) is 4.79 Å². The van der Waals surface area contributed by atoms with E-state index in [2.05, 4.69) is 15.1 Å². The lowest BCUT2D eigenvalue weighted by Gasteiger charge is -2.37. The van der Waals surface area contributed by atoms with E-state index in [1.807, 2.05) is 0 Å². The third-order valence-electron chi connectivity index (χ3n) is 5.18. The lowest BCUT2D eigenvalue weighted by atomic mass is 9.87. The van der Waals surface area contributed by atoms with Crippen molar-refractivity contribution in [3.05, 3.63) is 0 Å². The minimum atomic E-state index is -1.17. The second-order valence-corrected chi connectivity index (χ2v) is 6.69. The highest BCUT2D eigenvalue weighted by Gasteiger charge is 2.52. The molecule has 0 aromatic carbocycles. The molecule has 8 nitrogen and oxygen atoms in total. The molecule has 0 unspecified atom stereocenters. The highest BCUT2D eigenvalue weighted by molar-refractivity contribution is 6.08. The number of carboxylic acid groups (broad SMARTS) is 1. The molecular formula is C15H24N4O4. The van der Waals surface area contributed by atoms with Crippen LogP contribution in [-0.4, -0.2) is 89.1 Å². The lowest BCUT2D eigenvalue weighted by Crippen LogP contribution is -2.55. The number of carbonyl (C=O) groups excluding carboxylic acids is 2. The van der Waals surface area contributed by atoms with Crippen LogP contribution in [0.4, 0.5) is 4.79 Å². The molecule has 3 aliphatic rings. The fraction of sp³-hybridized carbons (Fsp3) is 0.800. The van der Waals surface area contributed by atoms with Crippen molar-refractivity contribution in [3.63, 3.8) is 0 Å². The first kappa shape index (κ1) is 16.2. The number of hydrogen-bond donors (Lipinski definition) is 2. The number of imide groups is 1. The van der Waals surface area contributed by atoms with Gasteiger partial charge in [0, 0.05) is 26.2 Å². The molecule has 23 heavy (non-hydrogen) atoms. The van der Waals surface area contributed by atoms with E-state index in [1.54, 1.807) is 0 Å². The van der Waals surface area contributed by atoms with Crippen molar-refractivity contribution < 1.29 is 19.5 Å². The number of carboxylic acids is 1. The van der Waals surface area contributed by atoms with Gasteiger partial charge in [0.1, 0.15) is 12.1 Å². The molecule has 0 aromatic heterocycles. The number of likely N-dealkylation sites (tertiary alicyclic amines) is 2. The van der Waals surface area contributed by atoms with Crippen LogP contribution >= 0.6 is 0 Å². The summed E-state index contributed by atoms with van der Waals surface area (Å²) in [5.41, 5.74) is -0.892.